The summed E-state index contributed by atoms with van der Waals surface area (Å²) in [5.74, 6) is 0.909. The lowest BCUT2D eigenvalue weighted by molar-refractivity contribution is -0.117. The van der Waals surface area contributed by atoms with Gasteiger partial charge in [0.2, 0.25) is 0 Å². The smallest absolute Gasteiger partial charge is 0.250 e. The molecule has 0 aliphatic carbocycles. The minimum Gasteiger partial charge on any atom is -0.499 e. The lowest BCUT2D eigenvalue weighted by Gasteiger charge is -2.26. The molecule has 0 radical (unpaired) electrons. The number of amides is 1. The summed E-state index contributed by atoms with van der Waals surface area (Å²) in [6.07, 6.45) is 6.08. The lowest BCUT2D eigenvalue weighted by Crippen LogP contribution is -2.36. The summed E-state index contributed by atoms with van der Waals surface area (Å²) in [4.78, 5) is 19.2. The standard InChI is InChI=1S/C25H34N6O2/c1-5-21-30-22-23(18-10-6-7-11-20(18)29-24(22)27)31(21)15-9-8-14-28-25(32)16(2)12-13-19(26)17(3)33-4/h6-7,10-13,21,30H,2,5,8-9,14-15,26H2,1,3-4H3,(H2,27,29)(H,28,32)/b13-12-,19-17-. The van der Waals surface area contributed by atoms with Gasteiger partial charge in [-0.05, 0) is 44.4 Å². The van der Waals surface area contributed by atoms with E-state index in [4.69, 9.17) is 16.2 Å². The number of hydrogen-bond donors (Lipinski definition) is 4. The van der Waals surface area contributed by atoms with Crippen molar-refractivity contribution in [1.29, 1.82) is 0 Å². The lowest BCUT2D eigenvalue weighted by atomic mass is 10.1. The summed E-state index contributed by atoms with van der Waals surface area (Å²) in [6, 6.07) is 8.07. The average Bonchev–Trinajstić information content (AvgIpc) is 3.20. The molecule has 8 nitrogen and oxygen atoms in total. The van der Waals surface area contributed by atoms with Crippen LogP contribution in [0.4, 0.5) is 17.2 Å². The zero-order valence-corrected chi connectivity index (χ0v) is 19.6. The maximum absolute atomic E-state index is 12.3. The van der Waals surface area contributed by atoms with Crippen molar-refractivity contribution in [1.82, 2.24) is 10.3 Å². The maximum atomic E-state index is 12.3. The normalized spacial score (nSPS) is 15.8. The summed E-state index contributed by atoms with van der Waals surface area (Å²) < 4.78 is 5.06. The predicted molar refractivity (Wildman–Crippen MR) is 136 cm³/mol. The van der Waals surface area contributed by atoms with Gasteiger partial charge in [0.1, 0.15) is 17.3 Å². The Kier molecular flexibility index (Phi) is 7.82. The molecule has 1 aliphatic heterocycles. The number of fused-ring (bicyclic) bond motifs is 3. The second kappa shape index (κ2) is 10.8. The Bertz CT molecular complexity index is 1090. The molecule has 1 unspecified atom stereocenters. The molecule has 6 N–H and O–H groups in total. The van der Waals surface area contributed by atoms with E-state index in [0.717, 1.165) is 48.1 Å². The molecule has 3 rings (SSSR count). The topological polar surface area (TPSA) is 119 Å². The average molecular weight is 451 g/mol. The predicted octanol–water partition coefficient (Wildman–Crippen LogP) is 3.63. The third-order valence-electron chi connectivity index (χ3n) is 5.83. The number of benzene rings is 1. The monoisotopic (exact) mass is 450 g/mol. The first-order valence-electron chi connectivity index (χ1n) is 11.2. The molecule has 1 aliphatic rings. The Hall–Kier alpha value is -3.68. The van der Waals surface area contributed by atoms with Gasteiger partial charge >= 0.3 is 0 Å². The van der Waals surface area contributed by atoms with Gasteiger partial charge in [0.15, 0.2) is 0 Å². The quantitative estimate of drug-likeness (QED) is 0.189. The van der Waals surface area contributed by atoms with Crippen LogP contribution in [0.1, 0.15) is 33.1 Å². The third kappa shape index (κ3) is 5.39. The number of carbonyl (C=O) groups is 1. The Morgan fingerprint density at radius 3 is 2.82 bits per heavy atom. The molecule has 176 valence electrons. The van der Waals surface area contributed by atoms with E-state index in [2.05, 4.69) is 40.1 Å². The van der Waals surface area contributed by atoms with Gasteiger partial charge in [0.05, 0.1) is 30.2 Å². The third-order valence-corrected chi connectivity index (χ3v) is 5.83. The van der Waals surface area contributed by atoms with Crippen molar-refractivity contribution in [3.05, 3.63) is 60.0 Å². The summed E-state index contributed by atoms with van der Waals surface area (Å²) >= 11 is 0. The molecule has 0 saturated heterocycles. The Labute approximate surface area is 195 Å². The highest BCUT2D eigenvalue weighted by atomic mass is 16.5. The van der Waals surface area contributed by atoms with Crippen molar-refractivity contribution < 1.29 is 9.53 Å². The number of nitrogens with zero attached hydrogens (tertiary/aromatic N) is 2. The zero-order valence-electron chi connectivity index (χ0n) is 19.6. The molecule has 33 heavy (non-hydrogen) atoms. The van der Waals surface area contributed by atoms with Crippen LogP contribution in [0.2, 0.25) is 0 Å². The van der Waals surface area contributed by atoms with Crippen LogP contribution in [0.15, 0.2) is 60.0 Å². The molecule has 1 atom stereocenters. The summed E-state index contributed by atoms with van der Waals surface area (Å²) in [5, 5.41) is 7.54. The van der Waals surface area contributed by atoms with Gasteiger partial charge < -0.3 is 31.7 Å². The number of rotatable bonds is 10. The molecule has 0 saturated carbocycles. The van der Waals surface area contributed by atoms with Gasteiger partial charge in [-0.25, -0.2) is 4.98 Å². The summed E-state index contributed by atoms with van der Waals surface area (Å²) in [7, 11) is 1.55. The van der Waals surface area contributed by atoms with E-state index in [0.29, 0.717) is 29.4 Å². The van der Waals surface area contributed by atoms with Crippen LogP contribution in [0.3, 0.4) is 0 Å². The number of carbonyl (C=O) groups excluding carboxylic acids is 1. The number of pyridine rings is 1. The van der Waals surface area contributed by atoms with Crippen LogP contribution in [0.5, 0.6) is 0 Å². The summed E-state index contributed by atoms with van der Waals surface area (Å²) in [5.41, 5.74) is 15.8. The molecule has 2 aromatic rings. The fourth-order valence-corrected chi connectivity index (χ4v) is 3.87. The second-order valence-electron chi connectivity index (χ2n) is 8.04. The first-order chi connectivity index (χ1) is 15.9. The van der Waals surface area contributed by atoms with Gasteiger partial charge in [-0.15, -0.1) is 0 Å². The molecule has 0 spiro atoms. The molecule has 0 bridgehead atoms. The zero-order chi connectivity index (χ0) is 24.0. The summed E-state index contributed by atoms with van der Waals surface area (Å²) in [6.45, 7) is 9.13. The molecule has 8 heteroatoms. The molecule has 2 heterocycles. The number of nitrogen functional groups attached to an aromatic ring is 1. The van der Waals surface area contributed by atoms with Crippen molar-refractivity contribution in [3.8, 4) is 0 Å². The number of methoxy groups -OCH3 is 1. The highest BCUT2D eigenvalue weighted by Crippen LogP contribution is 2.43. The molecule has 1 aromatic heterocycles. The van der Waals surface area contributed by atoms with Crippen molar-refractivity contribution in [2.75, 3.05) is 36.1 Å². The number of nitrogens with two attached hydrogens (primary N) is 2. The number of ether oxygens (including phenoxy) is 1. The Balaban J connectivity index is 1.56. The highest BCUT2D eigenvalue weighted by molar-refractivity contribution is 6.04. The minimum atomic E-state index is -0.210. The number of aromatic nitrogens is 1. The second-order valence-corrected chi connectivity index (χ2v) is 8.04. The van der Waals surface area contributed by atoms with Crippen LogP contribution in [-0.4, -0.2) is 37.3 Å². The fourth-order valence-electron chi connectivity index (χ4n) is 3.87. The van der Waals surface area contributed by atoms with Gasteiger partial charge in [-0.2, -0.15) is 0 Å². The number of allylic oxidation sites excluding steroid dienone is 2. The van der Waals surface area contributed by atoms with Crippen molar-refractivity contribution in [2.45, 2.75) is 39.3 Å². The molecule has 0 fully saturated rings. The van der Waals surface area contributed by atoms with Crippen molar-refractivity contribution in [3.63, 3.8) is 0 Å². The van der Waals surface area contributed by atoms with E-state index in [9.17, 15) is 4.79 Å². The SMILES string of the molecule is C=C(/C=C\C(N)=C(/C)OC)C(=O)NCCCCN1c2c(c(N)nc3ccccc23)NC1CC. The maximum Gasteiger partial charge on any atom is 0.250 e. The number of anilines is 3. The van der Waals surface area contributed by atoms with E-state index >= 15 is 0 Å². The van der Waals surface area contributed by atoms with E-state index in [-0.39, 0.29) is 12.1 Å². The first kappa shape index (κ1) is 24.0. The van der Waals surface area contributed by atoms with E-state index < -0.39 is 0 Å². The van der Waals surface area contributed by atoms with E-state index in [1.807, 2.05) is 18.2 Å². The first-order valence-corrected chi connectivity index (χ1v) is 11.2. The Morgan fingerprint density at radius 2 is 2.09 bits per heavy atom. The number of nitrogens with one attached hydrogen (secondary N) is 2. The molecular formula is C25H34N6O2. The van der Waals surface area contributed by atoms with Gasteiger partial charge in [0.25, 0.3) is 5.91 Å². The van der Waals surface area contributed by atoms with Crippen LogP contribution < -0.4 is 27.0 Å². The molecular weight excluding hydrogens is 416 g/mol. The van der Waals surface area contributed by atoms with Gasteiger partial charge in [-0.3, -0.25) is 4.79 Å². The minimum absolute atomic E-state index is 0.170. The van der Waals surface area contributed by atoms with Crippen LogP contribution in [0, 0.1) is 0 Å². The number of unbranched alkanes of at least 4 members (excludes halogenated alkanes) is 1. The van der Waals surface area contributed by atoms with E-state index in [1.165, 1.54) is 0 Å². The van der Waals surface area contributed by atoms with Gasteiger partial charge in [-0.1, -0.05) is 31.7 Å². The van der Waals surface area contributed by atoms with Crippen LogP contribution in [0.25, 0.3) is 10.9 Å². The largest absolute Gasteiger partial charge is 0.499 e. The molecule has 1 amide bonds. The number of hydrogen-bond acceptors (Lipinski definition) is 7. The van der Waals surface area contributed by atoms with Crippen molar-refractivity contribution in [2.24, 2.45) is 5.73 Å². The Morgan fingerprint density at radius 1 is 1.33 bits per heavy atom. The molecule has 1 aromatic carbocycles. The number of para-hydroxylation sites is 1. The van der Waals surface area contributed by atoms with E-state index in [1.54, 1.807) is 26.2 Å². The van der Waals surface area contributed by atoms with Crippen LogP contribution in [-0.2, 0) is 9.53 Å². The highest BCUT2D eigenvalue weighted by Gasteiger charge is 2.31. The van der Waals surface area contributed by atoms with Crippen LogP contribution >= 0.6 is 0 Å². The van der Waals surface area contributed by atoms with Crippen molar-refractivity contribution >= 4 is 34.0 Å². The fraction of sp³-hybridized carbons (Fsp3) is 0.360. The van der Waals surface area contributed by atoms with Gasteiger partial charge in [0, 0.05) is 24.0 Å².